The van der Waals surface area contributed by atoms with Crippen LogP contribution in [-0.2, 0) is 0 Å². The smallest absolute Gasteiger partial charge is 0.320 e. The van der Waals surface area contributed by atoms with Crippen LogP contribution < -0.4 is 10.6 Å². The zero-order valence-corrected chi connectivity index (χ0v) is 16.1. The summed E-state index contributed by atoms with van der Waals surface area (Å²) in [5.41, 5.74) is 2.85. The second-order valence-electron chi connectivity index (χ2n) is 5.98. The van der Waals surface area contributed by atoms with Crippen LogP contribution in [-0.4, -0.2) is 27.7 Å². The Kier molecular flexibility index (Phi) is 5.98. The molecule has 0 aliphatic rings. The Hall–Kier alpha value is -2.57. The maximum Gasteiger partial charge on any atom is 0.320 e. The summed E-state index contributed by atoms with van der Waals surface area (Å²) in [5.74, 6) is 0.207. The third-order valence-electron chi connectivity index (χ3n) is 3.95. The molecule has 0 saturated heterocycles. The molecule has 8 heteroatoms. The van der Waals surface area contributed by atoms with E-state index in [0.717, 1.165) is 24.0 Å². The molecule has 6 nitrogen and oxygen atoms in total. The molecule has 0 saturated carbocycles. The number of fused-ring (bicyclic) bond motifs is 1. The van der Waals surface area contributed by atoms with Crippen molar-refractivity contribution in [2.75, 3.05) is 11.9 Å². The van der Waals surface area contributed by atoms with Crippen molar-refractivity contribution in [1.29, 1.82) is 0 Å². The number of aromatic hydroxyl groups is 1. The average Bonchev–Trinajstić information content (AvgIpc) is 2.65. The molecule has 0 fully saturated rings. The summed E-state index contributed by atoms with van der Waals surface area (Å²) in [6, 6.07) is 8.44. The molecule has 0 radical (unpaired) electrons. The van der Waals surface area contributed by atoms with Gasteiger partial charge in [0.2, 0.25) is 0 Å². The first-order chi connectivity index (χ1) is 13.0. The number of amides is 2. The monoisotopic (exact) mass is 404 g/mol. The summed E-state index contributed by atoms with van der Waals surface area (Å²) in [4.78, 5) is 20.6. The molecule has 1 aromatic heterocycles. The third-order valence-corrected chi connectivity index (χ3v) is 4.53. The van der Waals surface area contributed by atoms with E-state index in [1.165, 1.54) is 6.20 Å². The molecule has 3 aromatic rings. The number of anilines is 1. The second-order valence-corrected chi connectivity index (χ2v) is 6.80. The zero-order chi connectivity index (χ0) is 19.4. The highest BCUT2D eigenvalue weighted by molar-refractivity contribution is 6.37. The first kappa shape index (κ1) is 19.2. The zero-order valence-electron chi connectivity index (χ0n) is 14.6. The van der Waals surface area contributed by atoms with Gasteiger partial charge >= 0.3 is 6.03 Å². The lowest BCUT2D eigenvalue weighted by Gasteiger charge is -2.09. The lowest BCUT2D eigenvalue weighted by Crippen LogP contribution is -2.29. The summed E-state index contributed by atoms with van der Waals surface area (Å²) in [5, 5.41) is 15.5. The Morgan fingerprint density at radius 2 is 1.85 bits per heavy atom. The molecule has 27 heavy (non-hydrogen) atoms. The van der Waals surface area contributed by atoms with Gasteiger partial charge in [0.15, 0.2) is 11.6 Å². The summed E-state index contributed by atoms with van der Waals surface area (Å²) in [6.45, 7) is 2.66. The van der Waals surface area contributed by atoms with Crippen molar-refractivity contribution in [3.63, 3.8) is 0 Å². The Balaban J connectivity index is 1.87. The fraction of sp³-hybridized carbons (Fsp3) is 0.211. The normalized spacial score (nSPS) is 10.8. The summed E-state index contributed by atoms with van der Waals surface area (Å²) >= 11 is 12.0. The highest BCUT2D eigenvalue weighted by atomic mass is 35.5. The molecule has 3 N–H and O–H groups in total. The highest BCUT2D eigenvalue weighted by Gasteiger charge is 2.10. The minimum absolute atomic E-state index is 0.150. The van der Waals surface area contributed by atoms with Crippen LogP contribution in [0.5, 0.6) is 5.75 Å². The first-order valence-corrected chi connectivity index (χ1v) is 9.23. The molecule has 2 aromatic carbocycles. The quantitative estimate of drug-likeness (QED) is 0.507. The number of rotatable bonds is 5. The van der Waals surface area contributed by atoms with E-state index < -0.39 is 0 Å². The van der Waals surface area contributed by atoms with Crippen LogP contribution in [0.4, 0.5) is 10.6 Å². The van der Waals surface area contributed by atoms with E-state index in [4.69, 9.17) is 23.2 Å². The van der Waals surface area contributed by atoms with Crippen LogP contribution in [0.3, 0.4) is 0 Å². The number of phenols is 1. The van der Waals surface area contributed by atoms with Gasteiger partial charge in [0.25, 0.3) is 0 Å². The minimum atomic E-state index is -0.314. The number of hydrogen-bond acceptors (Lipinski definition) is 4. The number of hydrogen-bond donors (Lipinski definition) is 3. The predicted octanol–water partition coefficient (Wildman–Crippen LogP) is 5.23. The van der Waals surface area contributed by atoms with Gasteiger partial charge in [-0.1, -0.05) is 42.6 Å². The fourth-order valence-electron chi connectivity index (χ4n) is 2.52. The van der Waals surface area contributed by atoms with Gasteiger partial charge in [-0.3, -0.25) is 10.3 Å². The molecule has 2 amide bonds. The van der Waals surface area contributed by atoms with Crippen LogP contribution in [0.15, 0.2) is 36.5 Å². The van der Waals surface area contributed by atoms with Crippen LogP contribution in [0.25, 0.3) is 22.2 Å². The fourth-order valence-corrected chi connectivity index (χ4v) is 3.01. The predicted molar refractivity (Wildman–Crippen MR) is 109 cm³/mol. The number of halogens is 2. The molecule has 0 spiro atoms. The van der Waals surface area contributed by atoms with Crippen LogP contribution in [0, 0.1) is 0 Å². The molecular weight excluding hydrogens is 387 g/mol. The van der Waals surface area contributed by atoms with Gasteiger partial charge in [0, 0.05) is 6.54 Å². The Bertz CT molecular complexity index is 972. The van der Waals surface area contributed by atoms with E-state index in [-0.39, 0.29) is 21.8 Å². The molecule has 3 rings (SSSR count). The standard InChI is InChI=1S/C19H18Cl2N4O2/c1-2-3-6-22-19(27)25-17-10-23-15-5-4-11(9-16(15)24-17)12-7-13(20)18(26)14(21)8-12/h4-5,7-10,26H,2-3,6H2,1H3,(H2,22,24,25,27). The summed E-state index contributed by atoms with van der Waals surface area (Å²) < 4.78 is 0. The Labute approximate surface area is 166 Å². The number of nitrogens with zero attached hydrogens (tertiary/aromatic N) is 2. The van der Waals surface area contributed by atoms with Gasteiger partial charge in [-0.2, -0.15) is 0 Å². The van der Waals surface area contributed by atoms with Crippen molar-refractivity contribution in [2.24, 2.45) is 0 Å². The Morgan fingerprint density at radius 1 is 1.11 bits per heavy atom. The number of carbonyl (C=O) groups is 1. The molecule has 1 heterocycles. The number of carbonyl (C=O) groups excluding carboxylic acids is 1. The average molecular weight is 405 g/mol. The van der Waals surface area contributed by atoms with Crippen molar-refractivity contribution in [1.82, 2.24) is 15.3 Å². The number of nitrogens with one attached hydrogen (secondary N) is 2. The van der Waals surface area contributed by atoms with Crippen molar-refractivity contribution in [3.8, 4) is 16.9 Å². The Morgan fingerprint density at radius 3 is 2.56 bits per heavy atom. The summed E-state index contributed by atoms with van der Waals surface area (Å²) in [6.07, 6.45) is 3.43. The van der Waals surface area contributed by atoms with Crippen molar-refractivity contribution in [2.45, 2.75) is 19.8 Å². The lowest BCUT2D eigenvalue weighted by atomic mass is 10.0. The number of unbranched alkanes of at least 4 members (excludes halogenated alkanes) is 1. The van der Waals surface area contributed by atoms with Gasteiger partial charge in [-0.25, -0.2) is 9.78 Å². The van der Waals surface area contributed by atoms with Crippen LogP contribution >= 0.6 is 23.2 Å². The largest absolute Gasteiger partial charge is 0.505 e. The third kappa shape index (κ3) is 4.59. The lowest BCUT2D eigenvalue weighted by molar-refractivity contribution is 0.252. The maximum atomic E-state index is 11.9. The number of benzene rings is 2. The van der Waals surface area contributed by atoms with Crippen LogP contribution in [0.1, 0.15) is 19.8 Å². The van der Waals surface area contributed by atoms with E-state index in [9.17, 15) is 9.90 Å². The van der Waals surface area contributed by atoms with Gasteiger partial charge < -0.3 is 10.4 Å². The molecule has 0 aliphatic heterocycles. The highest BCUT2D eigenvalue weighted by Crippen LogP contribution is 2.36. The SMILES string of the molecule is CCCCNC(=O)Nc1cnc2ccc(-c3cc(Cl)c(O)c(Cl)c3)cc2n1. The number of phenolic OH excluding ortho intramolecular Hbond substituents is 1. The molecular formula is C19H18Cl2N4O2. The number of aromatic nitrogens is 2. The molecule has 0 aliphatic carbocycles. The van der Waals surface area contributed by atoms with E-state index >= 15 is 0 Å². The van der Waals surface area contributed by atoms with Crippen LogP contribution in [0.2, 0.25) is 10.0 Å². The van der Waals surface area contributed by atoms with Crippen molar-refractivity contribution in [3.05, 3.63) is 46.6 Å². The van der Waals surface area contributed by atoms with Crippen molar-refractivity contribution < 1.29 is 9.90 Å². The second kappa shape index (κ2) is 8.41. The maximum absolute atomic E-state index is 11.9. The van der Waals surface area contributed by atoms with E-state index in [1.807, 2.05) is 18.2 Å². The van der Waals surface area contributed by atoms with Gasteiger partial charge in [-0.15, -0.1) is 0 Å². The molecule has 0 bridgehead atoms. The minimum Gasteiger partial charge on any atom is -0.505 e. The molecule has 140 valence electrons. The number of urea groups is 1. The van der Waals surface area contributed by atoms with Crippen molar-refractivity contribution >= 4 is 46.1 Å². The van der Waals surface area contributed by atoms with E-state index in [1.54, 1.807) is 12.1 Å². The molecule has 0 unspecified atom stereocenters. The summed E-state index contributed by atoms with van der Waals surface area (Å²) in [7, 11) is 0. The van der Waals surface area contributed by atoms with Gasteiger partial charge in [0.05, 0.1) is 27.3 Å². The van der Waals surface area contributed by atoms with Gasteiger partial charge in [0.1, 0.15) is 0 Å². The first-order valence-electron chi connectivity index (χ1n) is 8.48. The van der Waals surface area contributed by atoms with E-state index in [2.05, 4.69) is 27.5 Å². The van der Waals surface area contributed by atoms with E-state index in [0.29, 0.717) is 23.4 Å². The topological polar surface area (TPSA) is 87.1 Å². The van der Waals surface area contributed by atoms with Gasteiger partial charge in [-0.05, 0) is 41.8 Å². The molecule has 0 atom stereocenters.